The van der Waals surface area contributed by atoms with Gasteiger partial charge in [-0.1, -0.05) is 119 Å². The maximum Gasteiger partial charge on any atom is 0.223 e. The third kappa shape index (κ3) is 47.7. The Labute approximate surface area is 638 Å². The van der Waals surface area contributed by atoms with Gasteiger partial charge in [0.25, 0.3) is 0 Å². The fraction of sp³-hybridized carbons (Fsp3) is 0.324. The number of hydrogen-bond acceptors (Lipinski definition) is 8. The Kier molecular flexibility index (Phi) is 44.8. The second-order valence-electron chi connectivity index (χ2n) is 23.8. The number of anilines is 1. The van der Waals surface area contributed by atoms with Crippen LogP contribution in [0.1, 0.15) is 74.9 Å². The first-order valence-corrected chi connectivity index (χ1v) is 34.2. The van der Waals surface area contributed by atoms with E-state index in [1.54, 1.807) is 69.1 Å². The number of halogens is 4. The van der Waals surface area contributed by atoms with Crippen molar-refractivity contribution in [2.24, 2.45) is 129 Å². The summed E-state index contributed by atoms with van der Waals surface area (Å²) in [6, 6.07) is 45.9. The zero-order valence-electron chi connectivity index (χ0n) is 62.5. The highest BCUT2D eigenvalue weighted by Crippen LogP contribution is 2.16. The van der Waals surface area contributed by atoms with Crippen LogP contribution < -0.4 is 84.8 Å². The molecule has 0 bridgehead atoms. The van der Waals surface area contributed by atoms with Gasteiger partial charge in [-0.2, -0.15) is 20.0 Å². The van der Waals surface area contributed by atoms with Gasteiger partial charge in [0.05, 0.1) is 18.8 Å². The van der Waals surface area contributed by atoms with Crippen molar-refractivity contribution in [2.75, 3.05) is 60.7 Å². The Balaban J connectivity index is 0.000000630. The number of guanidine groups is 12. The van der Waals surface area contributed by atoms with Gasteiger partial charge in [0, 0.05) is 99.3 Å². The normalized spacial score (nSPS) is 12.8. The lowest BCUT2D eigenvalue weighted by Crippen LogP contribution is -2.42. The molecule has 105 heavy (non-hydrogen) atoms. The van der Waals surface area contributed by atoms with Gasteiger partial charge in [-0.15, -0.1) is 0 Å². The van der Waals surface area contributed by atoms with Gasteiger partial charge < -0.3 is 88.8 Å². The zero-order valence-corrected chi connectivity index (χ0v) is 65.5. The SMILES string of the molecule is CC(C)N=C(N)NC(N)=NCCc1ccc(Cl)cc1.CC(C)N=C(N)NC(N)=NCc1ccc(Cl)cc1.CN(C)C(N)=NC(N)=NCCc1ccc(Cl)cc1.CN(C)C(N)=NC(N)=NCc1ccc(Cl)cc1.Cc1cccc(N=C(N)N=C(N)N(C)C)c1.Cc1cccc(NC(N)=NC(N)=NC(C)C)c1. The van der Waals surface area contributed by atoms with Crippen molar-refractivity contribution in [3.8, 4) is 0 Å². The fourth-order valence-corrected chi connectivity index (χ4v) is 7.79. The topological polar surface area (TPSA) is 506 Å². The average Bonchev–Trinajstić information content (AvgIpc) is 0.924. The molecule has 30 nitrogen and oxygen atoms in total. The summed E-state index contributed by atoms with van der Waals surface area (Å²) in [5, 5.41) is 11.3. The summed E-state index contributed by atoms with van der Waals surface area (Å²) >= 11 is 23.2. The van der Waals surface area contributed by atoms with Crippen molar-refractivity contribution in [1.82, 2.24) is 25.3 Å². The van der Waals surface area contributed by atoms with Crippen LogP contribution in [-0.4, -0.2) is 160 Å². The maximum absolute atomic E-state index is 5.81. The van der Waals surface area contributed by atoms with Crippen LogP contribution in [0.15, 0.2) is 206 Å². The molecule has 0 atom stereocenters. The van der Waals surface area contributed by atoms with Gasteiger partial charge in [0.2, 0.25) is 29.8 Å². The summed E-state index contributed by atoms with van der Waals surface area (Å²) in [5.41, 5.74) is 75.9. The lowest BCUT2D eigenvalue weighted by atomic mass is 10.1. The van der Waals surface area contributed by atoms with E-state index < -0.39 is 0 Å². The summed E-state index contributed by atoms with van der Waals surface area (Å²) in [7, 11) is 10.7. The summed E-state index contributed by atoms with van der Waals surface area (Å²) in [6.45, 7) is 17.6. The predicted molar refractivity (Wildman–Crippen MR) is 448 cm³/mol. The molecule has 27 N–H and O–H groups in total. The number of rotatable bonds is 15. The molecule has 0 amide bonds. The third-order valence-electron chi connectivity index (χ3n) is 12.4. The first kappa shape index (κ1) is 91.9. The Hall–Kier alpha value is -11.1. The molecule has 34 heteroatoms. The Morgan fingerprint density at radius 2 is 0.714 bits per heavy atom. The molecule has 0 aromatic heterocycles. The molecule has 0 unspecified atom stereocenters. The molecular weight excluding hydrogens is 1410 g/mol. The molecule has 0 aliphatic heterocycles. The molecule has 0 saturated carbocycles. The minimum atomic E-state index is 0.102. The molecular formula is C71H108Cl4N30. The van der Waals surface area contributed by atoms with E-state index in [1.807, 2.05) is 189 Å². The van der Waals surface area contributed by atoms with E-state index in [9.17, 15) is 0 Å². The Morgan fingerprint density at radius 1 is 0.362 bits per heavy atom. The first-order valence-electron chi connectivity index (χ1n) is 32.7. The highest BCUT2D eigenvalue weighted by Gasteiger charge is 2.04. The number of aliphatic imine (C=N–C) groups is 12. The van der Waals surface area contributed by atoms with Crippen molar-refractivity contribution in [1.29, 1.82) is 0 Å². The minimum Gasteiger partial charge on any atom is -0.370 e. The van der Waals surface area contributed by atoms with Crippen molar-refractivity contribution in [3.05, 3.63) is 199 Å². The molecule has 6 aromatic carbocycles. The Morgan fingerprint density at radius 3 is 1.10 bits per heavy atom. The summed E-state index contributed by atoms with van der Waals surface area (Å²) in [5.74, 6) is 2.96. The van der Waals surface area contributed by atoms with Crippen LogP contribution in [0, 0.1) is 13.8 Å². The molecule has 0 aliphatic carbocycles. The molecule has 0 aliphatic rings. The number of hydrogen-bond donors (Lipinski definition) is 15. The molecule has 0 spiro atoms. The van der Waals surface area contributed by atoms with Crippen LogP contribution in [0.2, 0.25) is 20.1 Å². The average molecular weight is 1520 g/mol. The van der Waals surface area contributed by atoms with Crippen LogP contribution in [0.5, 0.6) is 0 Å². The number of benzene rings is 6. The van der Waals surface area contributed by atoms with Crippen LogP contribution in [0.25, 0.3) is 0 Å². The van der Waals surface area contributed by atoms with E-state index in [0.29, 0.717) is 54.1 Å². The smallest absolute Gasteiger partial charge is 0.223 e. The monoisotopic (exact) mass is 1520 g/mol. The molecule has 0 saturated heterocycles. The van der Waals surface area contributed by atoms with Crippen molar-refractivity contribution >= 4 is 129 Å². The molecule has 6 rings (SSSR count). The number of nitrogens with zero attached hydrogens (tertiary/aromatic N) is 15. The fourth-order valence-electron chi connectivity index (χ4n) is 7.29. The first-order chi connectivity index (χ1) is 49.4. The van der Waals surface area contributed by atoms with Gasteiger partial charge in [-0.3, -0.25) is 30.6 Å². The van der Waals surface area contributed by atoms with Crippen LogP contribution in [0.4, 0.5) is 11.4 Å². The number of nitrogens with two attached hydrogens (primary N) is 12. The second-order valence-corrected chi connectivity index (χ2v) is 25.6. The molecule has 0 radical (unpaired) electrons. The zero-order chi connectivity index (χ0) is 79.1. The summed E-state index contributed by atoms with van der Waals surface area (Å²) in [4.78, 5) is 53.7. The van der Waals surface area contributed by atoms with E-state index in [0.717, 1.165) is 67.6 Å². The van der Waals surface area contributed by atoms with Crippen molar-refractivity contribution in [3.63, 3.8) is 0 Å². The highest BCUT2D eigenvalue weighted by atomic mass is 35.5. The maximum atomic E-state index is 5.81. The van der Waals surface area contributed by atoms with E-state index in [1.165, 1.54) is 0 Å². The quantitative estimate of drug-likeness (QED) is 0.0353. The lowest BCUT2D eigenvalue weighted by Gasteiger charge is -2.09. The van der Waals surface area contributed by atoms with Gasteiger partial charge in [-0.25, -0.2) is 20.0 Å². The molecule has 0 heterocycles. The highest BCUT2D eigenvalue weighted by molar-refractivity contribution is 6.31. The third-order valence-corrected chi connectivity index (χ3v) is 13.4. The minimum absolute atomic E-state index is 0.102. The van der Waals surface area contributed by atoms with Gasteiger partial charge in [0.1, 0.15) is 0 Å². The van der Waals surface area contributed by atoms with Gasteiger partial charge in [0.15, 0.2) is 41.7 Å². The van der Waals surface area contributed by atoms with Crippen molar-refractivity contribution < 1.29 is 0 Å². The van der Waals surface area contributed by atoms with E-state index in [2.05, 4.69) is 75.9 Å². The Bertz CT molecular complexity index is 3910. The van der Waals surface area contributed by atoms with Gasteiger partial charge >= 0.3 is 0 Å². The largest absolute Gasteiger partial charge is 0.370 e. The van der Waals surface area contributed by atoms with Crippen LogP contribution in [-0.2, 0) is 25.9 Å². The van der Waals surface area contributed by atoms with E-state index in [-0.39, 0.29) is 71.8 Å². The number of nitrogens with one attached hydrogen (secondary N) is 3. The van der Waals surface area contributed by atoms with Gasteiger partial charge in [-0.05, 0) is 174 Å². The van der Waals surface area contributed by atoms with E-state index in [4.69, 9.17) is 115 Å². The molecule has 0 fully saturated rings. The standard InChI is InChI=1S/C13H20ClN5.2C12H18ClN5.C12H19N5.C11H16ClN5.C11H17N5/c1-9(2)18-13(16)19-12(15)17-8-7-10-3-5-11(14)6-4-10;1-18(2)12(15)17-11(14)16-8-7-9-3-5-10(13)6-4-9;1-8(2)17-12(15)18-11(14)16-7-9-3-5-10(13)6-4-9;1-8(2)15-11(13)17-12(14)16-10-6-4-5-9(3)7-10;1-17(2)11(14)16-10(13)15-7-8-3-5-9(12)6-4-8;1-8-5-4-6-9(7-8)14-10(12)15-11(13)16(2)3/h3-6,9H,7-8H2,1-2H3,(H5,15,16,17,18,19);3-6H,7-8H2,1-2H3,(H4,14,15,16,17);3-6,8H,7H2,1-2H3,(H5,14,15,16,17,18);4-8H,1-3H3,(H5,13,14,15,16,17);3-6H,7H2,1-2H3,(H4,13,14,15,16);4-7H,1-3H3,(H4,12,13,14,15). The van der Waals surface area contributed by atoms with Crippen molar-refractivity contribution in [2.45, 2.75) is 99.4 Å². The van der Waals surface area contributed by atoms with Crippen LogP contribution in [0.3, 0.4) is 0 Å². The summed E-state index contributed by atoms with van der Waals surface area (Å²) < 4.78 is 0. The number of aryl methyl sites for hydroxylation is 2. The summed E-state index contributed by atoms with van der Waals surface area (Å²) in [6.07, 6.45) is 1.58. The molecule has 6 aromatic rings. The lowest BCUT2D eigenvalue weighted by molar-refractivity contribution is 0.615. The van der Waals surface area contributed by atoms with Crippen LogP contribution >= 0.6 is 46.4 Å². The predicted octanol–water partition coefficient (Wildman–Crippen LogP) is 7.34. The van der Waals surface area contributed by atoms with E-state index >= 15 is 0 Å². The molecule has 570 valence electrons. The second kappa shape index (κ2) is 51.1.